The summed E-state index contributed by atoms with van der Waals surface area (Å²) in [7, 11) is -3.02. The maximum Gasteiger partial charge on any atom is 0.294 e. The van der Waals surface area contributed by atoms with E-state index in [2.05, 4.69) is 10.0 Å². The minimum Gasteiger partial charge on any atom is -0.497 e. The summed E-state index contributed by atoms with van der Waals surface area (Å²) in [6.45, 7) is 0. The van der Waals surface area contributed by atoms with Crippen LogP contribution in [0.25, 0.3) is 10.4 Å². The molecule has 0 aliphatic heterocycles. The van der Waals surface area contributed by atoms with E-state index in [0.717, 1.165) is 6.07 Å². The maximum absolute atomic E-state index is 10.9. The zero-order valence-electron chi connectivity index (χ0n) is 7.65. The summed E-state index contributed by atoms with van der Waals surface area (Å²) in [6, 6.07) is 3.64. The number of benzene rings is 1. The molecule has 80 valence electrons. The lowest BCUT2D eigenvalue weighted by molar-refractivity contribution is 0.414. The second-order valence-corrected chi connectivity index (χ2v) is 3.89. The van der Waals surface area contributed by atoms with Crippen molar-refractivity contribution in [3.05, 3.63) is 28.6 Å². The SMILES string of the molecule is COc1ccc(S(=O)(=O)O)c(N=[N+]=[N-])c1. The third-order valence-electron chi connectivity index (χ3n) is 1.60. The third kappa shape index (κ3) is 2.59. The second-order valence-electron chi connectivity index (χ2n) is 2.50. The molecule has 0 bridgehead atoms. The van der Waals surface area contributed by atoms with Gasteiger partial charge < -0.3 is 4.74 Å². The maximum atomic E-state index is 10.9. The molecule has 0 aliphatic carbocycles. The Labute approximate surface area is 85.7 Å². The molecule has 0 aliphatic rings. The van der Waals surface area contributed by atoms with Crippen LogP contribution in [0.2, 0.25) is 0 Å². The highest BCUT2D eigenvalue weighted by Crippen LogP contribution is 2.28. The molecule has 0 unspecified atom stereocenters. The van der Waals surface area contributed by atoms with Crippen LogP contribution < -0.4 is 4.74 Å². The molecule has 0 atom stereocenters. The summed E-state index contributed by atoms with van der Waals surface area (Å²) < 4.78 is 35.3. The van der Waals surface area contributed by atoms with Gasteiger partial charge >= 0.3 is 0 Å². The van der Waals surface area contributed by atoms with Gasteiger partial charge in [-0.3, -0.25) is 4.55 Å². The lowest BCUT2D eigenvalue weighted by Gasteiger charge is -2.04. The van der Waals surface area contributed by atoms with E-state index in [1.165, 1.54) is 19.2 Å². The summed E-state index contributed by atoms with van der Waals surface area (Å²) in [5.74, 6) is 0.324. The fraction of sp³-hybridized carbons (Fsp3) is 0.143. The van der Waals surface area contributed by atoms with Crippen molar-refractivity contribution in [1.29, 1.82) is 0 Å². The number of azide groups is 1. The Morgan fingerprint density at radius 2 is 2.20 bits per heavy atom. The average Bonchev–Trinajstić information content (AvgIpc) is 2.16. The Hall–Kier alpha value is -1.76. The Morgan fingerprint density at radius 3 is 2.67 bits per heavy atom. The first kappa shape index (κ1) is 11.3. The van der Waals surface area contributed by atoms with Crippen molar-refractivity contribution in [3.63, 3.8) is 0 Å². The second kappa shape index (κ2) is 4.18. The first-order valence-electron chi connectivity index (χ1n) is 3.69. The van der Waals surface area contributed by atoms with Gasteiger partial charge in [-0.25, -0.2) is 0 Å². The Balaban J connectivity index is 3.47. The minimum absolute atomic E-state index is 0.209. The highest BCUT2D eigenvalue weighted by atomic mass is 32.2. The molecular weight excluding hydrogens is 222 g/mol. The summed E-state index contributed by atoms with van der Waals surface area (Å²) in [6.07, 6.45) is 0. The van der Waals surface area contributed by atoms with Gasteiger partial charge in [-0.15, -0.1) is 0 Å². The van der Waals surface area contributed by atoms with Gasteiger partial charge in [0.25, 0.3) is 10.1 Å². The van der Waals surface area contributed by atoms with Gasteiger partial charge in [0.2, 0.25) is 0 Å². The van der Waals surface area contributed by atoms with Gasteiger partial charge in [-0.1, -0.05) is 5.11 Å². The number of hydrogen-bond donors (Lipinski definition) is 1. The van der Waals surface area contributed by atoms with E-state index in [-0.39, 0.29) is 5.69 Å². The minimum atomic E-state index is -4.40. The van der Waals surface area contributed by atoms with Gasteiger partial charge in [-0.2, -0.15) is 8.42 Å². The number of ether oxygens (including phenoxy) is 1. The van der Waals surface area contributed by atoms with Crippen molar-refractivity contribution >= 4 is 15.8 Å². The molecule has 0 fully saturated rings. The smallest absolute Gasteiger partial charge is 0.294 e. The predicted octanol–water partition coefficient (Wildman–Crippen LogP) is 1.88. The number of rotatable bonds is 3. The van der Waals surface area contributed by atoms with Crippen LogP contribution in [0.15, 0.2) is 28.2 Å². The molecule has 7 nitrogen and oxygen atoms in total. The highest BCUT2D eigenvalue weighted by Gasteiger charge is 2.14. The van der Waals surface area contributed by atoms with Crippen molar-refractivity contribution in [2.75, 3.05) is 7.11 Å². The van der Waals surface area contributed by atoms with Crippen LogP contribution in [0, 0.1) is 0 Å². The van der Waals surface area contributed by atoms with Crippen LogP contribution in [-0.2, 0) is 10.1 Å². The molecule has 0 saturated heterocycles. The van der Waals surface area contributed by atoms with E-state index >= 15 is 0 Å². The van der Waals surface area contributed by atoms with Crippen LogP contribution in [0.4, 0.5) is 5.69 Å². The van der Waals surface area contributed by atoms with Gasteiger partial charge in [0, 0.05) is 4.91 Å². The molecule has 0 heterocycles. The summed E-state index contributed by atoms with van der Waals surface area (Å²) in [5, 5.41) is 3.14. The standard InChI is InChI=1S/C7H7N3O4S/c1-14-5-2-3-7(15(11,12)13)6(4-5)9-10-8/h2-4H,1H3,(H,11,12,13). The quantitative estimate of drug-likeness (QED) is 0.369. The molecule has 1 aromatic rings. The van der Waals surface area contributed by atoms with Gasteiger partial charge in [0.15, 0.2) is 0 Å². The lowest BCUT2D eigenvalue weighted by atomic mass is 10.3. The molecule has 1 rings (SSSR count). The van der Waals surface area contributed by atoms with Crippen LogP contribution >= 0.6 is 0 Å². The van der Waals surface area contributed by atoms with Crippen molar-refractivity contribution in [2.24, 2.45) is 5.11 Å². The van der Waals surface area contributed by atoms with Gasteiger partial charge in [-0.05, 0) is 23.7 Å². The molecule has 0 saturated carbocycles. The molecule has 0 radical (unpaired) electrons. The molecule has 15 heavy (non-hydrogen) atoms. The number of hydrogen-bond acceptors (Lipinski definition) is 4. The summed E-state index contributed by atoms with van der Waals surface area (Å²) >= 11 is 0. The van der Waals surface area contributed by atoms with Crippen LogP contribution in [0.3, 0.4) is 0 Å². The molecule has 0 spiro atoms. The molecule has 0 aromatic heterocycles. The zero-order chi connectivity index (χ0) is 11.5. The van der Waals surface area contributed by atoms with Crippen LogP contribution in [0.1, 0.15) is 0 Å². The average molecular weight is 229 g/mol. The Kier molecular flexibility index (Phi) is 3.15. The predicted molar refractivity (Wildman–Crippen MR) is 51.6 cm³/mol. The summed E-state index contributed by atoms with van der Waals surface area (Å²) in [4.78, 5) is 1.99. The van der Waals surface area contributed by atoms with Crippen LogP contribution in [0.5, 0.6) is 5.75 Å². The Bertz CT molecular complexity index is 519. The molecule has 1 N–H and O–H groups in total. The topological polar surface area (TPSA) is 112 Å². The van der Waals surface area contributed by atoms with Crippen molar-refractivity contribution < 1.29 is 17.7 Å². The van der Waals surface area contributed by atoms with E-state index < -0.39 is 15.0 Å². The first-order valence-corrected chi connectivity index (χ1v) is 5.13. The van der Waals surface area contributed by atoms with E-state index in [1.54, 1.807) is 0 Å². The van der Waals surface area contributed by atoms with E-state index in [0.29, 0.717) is 5.75 Å². The number of methoxy groups -OCH3 is 1. The lowest BCUT2D eigenvalue weighted by Crippen LogP contribution is -1.98. The Morgan fingerprint density at radius 1 is 1.53 bits per heavy atom. The number of nitrogens with zero attached hydrogens (tertiary/aromatic N) is 3. The van der Waals surface area contributed by atoms with Crippen molar-refractivity contribution in [1.82, 2.24) is 0 Å². The van der Waals surface area contributed by atoms with Crippen molar-refractivity contribution in [2.45, 2.75) is 4.90 Å². The van der Waals surface area contributed by atoms with Gasteiger partial charge in [0.05, 0.1) is 12.8 Å². The zero-order valence-corrected chi connectivity index (χ0v) is 8.47. The summed E-state index contributed by atoms with van der Waals surface area (Å²) in [5.41, 5.74) is 8.01. The molecule has 1 aromatic carbocycles. The largest absolute Gasteiger partial charge is 0.497 e. The third-order valence-corrected chi connectivity index (χ3v) is 2.50. The van der Waals surface area contributed by atoms with Crippen LogP contribution in [-0.4, -0.2) is 20.1 Å². The van der Waals surface area contributed by atoms with E-state index in [9.17, 15) is 8.42 Å². The van der Waals surface area contributed by atoms with E-state index in [4.69, 9.17) is 14.8 Å². The first-order chi connectivity index (χ1) is 6.99. The fourth-order valence-corrected chi connectivity index (χ4v) is 1.57. The van der Waals surface area contributed by atoms with Gasteiger partial charge in [0.1, 0.15) is 10.6 Å². The molecule has 8 heteroatoms. The van der Waals surface area contributed by atoms with Crippen molar-refractivity contribution in [3.8, 4) is 5.75 Å². The van der Waals surface area contributed by atoms with E-state index in [1.807, 2.05) is 0 Å². The highest BCUT2D eigenvalue weighted by molar-refractivity contribution is 7.86. The fourth-order valence-electron chi connectivity index (χ4n) is 0.969. The normalized spacial score (nSPS) is 10.5. The molecular formula is C7H7N3O4S. The molecule has 0 amide bonds. The monoisotopic (exact) mass is 229 g/mol.